The largest absolute Gasteiger partial charge is 0.454 e. The van der Waals surface area contributed by atoms with Crippen LogP contribution in [0.2, 0.25) is 0 Å². The molecule has 4 N–H and O–H groups in total. The quantitative estimate of drug-likeness (QED) is 0.517. The highest BCUT2D eigenvalue weighted by atomic mass is 16.5. The van der Waals surface area contributed by atoms with E-state index >= 15 is 0 Å². The van der Waals surface area contributed by atoms with Gasteiger partial charge >= 0.3 is 6.03 Å². The van der Waals surface area contributed by atoms with E-state index in [0.29, 0.717) is 34.0 Å². The summed E-state index contributed by atoms with van der Waals surface area (Å²) in [6.45, 7) is 1.62. The average Bonchev–Trinajstić information content (AvgIpc) is 2.65. The second kappa shape index (κ2) is 6.41. The number of H-pyrrole nitrogens is 1. The molecule has 2 aromatic heterocycles. The molecule has 0 bridgehead atoms. The summed E-state index contributed by atoms with van der Waals surface area (Å²) in [4.78, 5) is 34.3. The van der Waals surface area contributed by atoms with Crippen molar-refractivity contribution in [2.24, 2.45) is 5.73 Å². The maximum absolute atomic E-state index is 11.9. The Morgan fingerprint density at radius 2 is 1.89 bits per heavy atom. The molecule has 0 aliphatic carbocycles. The Hall–Kier alpha value is -3.94. The Kier molecular flexibility index (Phi) is 3.92. The van der Waals surface area contributed by atoms with Gasteiger partial charge in [-0.3, -0.25) is 4.79 Å². The number of nitrogens with two attached hydrogens (primary N) is 1. The molecule has 2 heterocycles. The molecular weight excluding hydrogens is 346 g/mol. The molecule has 8 nitrogen and oxygen atoms in total. The number of pyridine rings is 1. The van der Waals surface area contributed by atoms with Gasteiger partial charge in [-0.2, -0.15) is 0 Å². The number of aromatic nitrogens is 3. The number of carbonyl (C=O) groups is 1. The molecule has 0 spiro atoms. The van der Waals surface area contributed by atoms with Crippen molar-refractivity contribution in [2.75, 3.05) is 5.32 Å². The lowest BCUT2D eigenvalue weighted by Crippen LogP contribution is -2.19. The standard InChI is InChI=1S/C19H15N5O3/c1-10-18(25)24-16-15(8-9-21-17(16)22-10)27-14-7-6-13(23-19(20)26)11-4-2-3-5-12(11)14/h2-9H,1H3,(H,24,25)(H3,20,23,26). The Bertz CT molecular complexity index is 1250. The summed E-state index contributed by atoms with van der Waals surface area (Å²) in [6.07, 6.45) is 1.56. The summed E-state index contributed by atoms with van der Waals surface area (Å²) in [5, 5.41) is 4.14. The highest BCUT2D eigenvalue weighted by molar-refractivity contribution is 6.03. The topological polar surface area (TPSA) is 123 Å². The van der Waals surface area contributed by atoms with Gasteiger partial charge in [-0.05, 0) is 19.1 Å². The number of fused-ring (bicyclic) bond motifs is 2. The molecule has 27 heavy (non-hydrogen) atoms. The van der Waals surface area contributed by atoms with Crippen LogP contribution in [0, 0.1) is 6.92 Å². The molecule has 0 saturated heterocycles. The summed E-state index contributed by atoms with van der Waals surface area (Å²) in [7, 11) is 0. The average molecular weight is 361 g/mol. The number of rotatable bonds is 3. The van der Waals surface area contributed by atoms with E-state index in [1.807, 2.05) is 24.3 Å². The van der Waals surface area contributed by atoms with Crippen molar-refractivity contribution in [2.45, 2.75) is 6.92 Å². The summed E-state index contributed by atoms with van der Waals surface area (Å²) in [5.74, 6) is 0.972. The molecule has 134 valence electrons. The third-order valence-electron chi connectivity index (χ3n) is 4.10. The van der Waals surface area contributed by atoms with Crippen molar-refractivity contribution in [1.82, 2.24) is 15.0 Å². The van der Waals surface area contributed by atoms with Gasteiger partial charge < -0.3 is 20.8 Å². The molecule has 0 aliphatic heterocycles. The number of urea groups is 1. The number of aromatic amines is 1. The fourth-order valence-corrected chi connectivity index (χ4v) is 2.86. The van der Waals surface area contributed by atoms with Gasteiger partial charge in [0.05, 0.1) is 5.69 Å². The lowest BCUT2D eigenvalue weighted by Gasteiger charge is -2.13. The van der Waals surface area contributed by atoms with Gasteiger partial charge in [0, 0.05) is 23.0 Å². The Balaban J connectivity index is 1.85. The normalized spacial score (nSPS) is 10.9. The van der Waals surface area contributed by atoms with Gasteiger partial charge in [-0.25, -0.2) is 14.8 Å². The first-order valence-corrected chi connectivity index (χ1v) is 8.14. The first-order valence-electron chi connectivity index (χ1n) is 8.14. The smallest absolute Gasteiger partial charge is 0.316 e. The van der Waals surface area contributed by atoms with Crippen molar-refractivity contribution in [3.63, 3.8) is 0 Å². The number of nitrogens with one attached hydrogen (secondary N) is 2. The van der Waals surface area contributed by atoms with Gasteiger partial charge in [0.15, 0.2) is 11.4 Å². The lowest BCUT2D eigenvalue weighted by atomic mass is 10.1. The predicted octanol–water partition coefficient (Wildman–Crippen LogP) is 3.06. The number of ether oxygens (including phenoxy) is 1. The molecule has 2 aromatic carbocycles. The van der Waals surface area contributed by atoms with Crippen LogP contribution in [0.1, 0.15) is 5.69 Å². The first-order chi connectivity index (χ1) is 13.0. The zero-order valence-corrected chi connectivity index (χ0v) is 14.3. The van der Waals surface area contributed by atoms with Gasteiger partial charge in [0.25, 0.3) is 5.56 Å². The number of aryl methyl sites for hydroxylation is 1. The molecule has 8 heteroatoms. The molecule has 0 saturated carbocycles. The van der Waals surface area contributed by atoms with Crippen molar-refractivity contribution in [1.29, 1.82) is 0 Å². The molecule has 0 radical (unpaired) electrons. The minimum Gasteiger partial charge on any atom is -0.454 e. The number of nitrogens with zero attached hydrogens (tertiary/aromatic N) is 2. The van der Waals surface area contributed by atoms with Crippen molar-refractivity contribution >= 4 is 33.7 Å². The SMILES string of the molecule is Cc1nc2nccc(Oc3ccc(NC(N)=O)c4ccccc34)c2[nH]c1=O. The number of anilines is 1. The van der Waals surface area contributed by atoms with Crippen LogP contribution in [0.15, 0.2) is 53.5 Å². The zero-order chi connectivity index (χ0) is 19.0. The lowest BCUT2D eigenvalue weighted by molar-refractivity contribution is 0.259. The number of primary amides is 1. The first kappa shape index (κ1) is 16.5. The van der Waals surface area contributed by atoms with E-state index in [9.17, 15) is 9.59 Å². The molecule has 2 amide bonds. The van der Waals surface area contributed by atoms with Crippen LogP contribution in [0.25, 0.3) is 21.9 Å². The number of hydrogen-bond acceptors (Lipinski definition) is 5. The molecular formula is C19H15N5O3. The number of amides is 2. The summed E-state index contributed by atoms with van der Waals surface area (Å²) >= 11 is 0. The van der Waals surface area contributed by atoms with Crippen molar-refractivity contribution in [3.05, 3.63) is 64.7 Å². The third kappa shape index (κ3) is 3.04. The molecule has 4 aromatic rings. The summed E-state index contributed by atoms with van der Waals surface area (Å²) in [5.41, 5.74) is 6.65. The monoisotopic (exact) mass is 361 g/mol. The van der Waals surface area contributed by atoms with Gasteiger partial charge in [0.2, 0.25) is 0 Å². The minimum absolute atomic E-state index is 0.300. The fraction of sp³-hybridized carbons (Fsp3) is 0.0526. The molecule has 0 aliphatic rings. The van der Waals surface area contributed by atoms with E-state index in [1.54, 1.807) is 31.3 Å². The van der Waals surface area contributed by atoms with Crippen LogP contribution < -0.4 is 21.3 Å². The van der Waals surface area contributed by atoms with Crippen LogP contribution >= 0.6 is 0 Å². The van der Waals surface area contributed by atoms with Gasteiger partial charge in [-0.1, -0.05) is 24.3 Å². The highest BCUT2D eigenvalue weighted by Gasteiger charge is 2.12. The van der Waals surface area contributed by atoms with Crippen molar-refractivity contribution < 1.29 is 9.53 Å². The van der Waals surface area contributed by atoms with Crippen LogP contribution in [0.4, 0.5) is 10.5 Å². The second-order valence-corrected chi connectivity index (χ2v) is 5.91. The van der Waals surface area contributed by atoms with E-state index < -0.39 is 6.03 Å². The molecule has 0 fully saturated rings. The Morgan fingerprint density at radius 3 is 2.67 bits per heavy atom. The number of carbonyl (C=O) groups excluding carboxylic acids is 1. The molecule has 4 rings (SSSR count). The van der Waals surface area contributed by atoms with E-state index in [1.165, 1.54) is 0 Å². The molecule has 0 atom stereocenters. The minimum atomic E-state index is -0.645. The van der Waals surface area contributed by atoms with Gasteiger partial charge in [-0.15, -0.1) is 0 Å². The second-order valence-electron chi connectivity index (χ2n) is 5.91. The predicted molar refractivity (Wildman–Crippen MR) is 102 cm³/mol. The van der Waals surface area contributed by atoms with Crippen LogP contribution in [-0.2, 0) is 0 Å². The molecule has 0 unspecified atom stereocenters. The van der Waals surface area contributed by atoms with Crippen LogP contribution in [0.5, 0.6) is 11.5 Å². The fourth-order valence-electron chi connectivity index (χ4n) is 2.86. The summed E-state index contributed by atoms with van der Waals surface area (Å²) in [6, 6.07) is 11.9. The van der Waals surface area contributed by atoms with E-state index in [0.717, 1.165) is 10.8 Å². The zero-order valence-electron chi connectivity index (χ0n) is 14.3. The number of benzene rings is 2. The van der Waals surface area contributed by atoms with E-state index in [4.69, 9.17) is 10.5 Å². The van der Waals surface area contributed by atoms with E-state index in [2.05, 4.69) is 20.3 Å². The number of hydrogen-bond donors (Lipinski definition) is 3. The highest BCUT2D eigenvalue weighted by Crippen LogP contribution is 2.35. The van der Waals surface area contributed by atoms with E-state index in [-0.39, 0.29) is 5.56 Å². The van der Waals surface area contributed by atoms with Gasteiger partial charge in [0.1, 0.15) is 17.0 Å². The third-order valence-corrected chi connectivity index (χ3v) is 4.10. The Morgan fingerprint density at radius 1 is 1.11 bits per heavy atom. The van der Waals surface area contributed by atoms with Crippen molar-refractivity contribution in [3.8, 4) is 11.5 Å². The van der Waals surface area contributed by atoms with Crippen LogP contribution in [0.3, 0.4) is 0 Å². The maximum atomic E-state index is 11.9. The Labute approximate surface area is 153 Å². The maximum Gasteiger partial charge on any atom is 0.316 e. The van der Waals surface area contributed by atoms with Crippen LogP contribution in [-0.4, -0.2) is 21.0 Å². The summed E-state index contributed by atoms with van der Waals surface area (Å²) < 4.78 is 6.07.